The number of nitrogens with two attached hydrogens (primary N) is 1. The average Bonchev–Trinajstić information content (AvgIpc) is 2.27. The molecular formula is C9H17N3O3. The Balaban J connectivity index is 2.73. The van der Waals surface area contributed by atoms with E-state index < -0.39 is 18.0 Å². The van der Waals surface area contributed by atoms with E-state index in [9.17, 15) is 9.59 Å². The minimum atomic E-state index is -0.448. The number of rotatable bonds is 3. The molecule has 86 valence electrons. The molecule has 0 aromatic rings. The van der Waals surface area contributed by atoms with Gasteiger partial charge < -0.3 is 15.8 Å². The number of amides is 2. The van der Waals surface area contributed by atoms with E-state index in [2.05, 4.69) is 5.32 Å². The van der Waals surface area contributed by atoms with Gasteiger partial charge in [-0.2, -0.15) is 0 Å². The molecule has 1 rings (SSSR count). The smallest absolute Gasteiger partial charge is 0.239 e. The number of hydrogen-bond donors (Lipinski definition) is 2. The summed E-state index contributed by atoms with van der Waals surface area (Å²) in [6.45, 7) is 3.06. The van der Waals surface area contributed by atoms with Crippen LogP contribution in [0.15, 0.2) is 0 Å². The Hall–Kier alpha value is -1.14. The zero-order valence-corrected chi connectivity index (χ0v) is 9.03. The fourth-order valence-corrected chi connectivity index (χ4v) is 1.64. The minimum absolute atomic E-state index is 0.150. The predicted molar refractivity (Wildman–Crippen MR) is 54.0 cm³/mol. The number of nitrogens with one attached hydrogen (secondary N) is 1. The molecule has 2 unspecified atom stereocenters. The van der Waals surface area contributed by atoms with E-state index in [-0.39, 0.29) is 5.91 Å². The van der Waals surface area contributed by atoms with E-state index in [1.54, 1.807) is 18.9 Å². The van der Waals surface area contributed by atoms with Crippen molar-refractivity contribution in [3.63, 3.8) is 0 Å². The van der Waals surface area contributed by atoms with Gasteiger partial charge in [-0.1, -0.05) is 0 Å². The van der Waals surface area contributed by atoms with Gasteiger partial charge in [0, 0.05) is 13.6 Å². The number of likely N-dealkylation sites (N-methyl/N-ethyl adjacent to an activating group) is 1. The first-order chi connectivity index (χ1) is 7.07. The summed E-state index contributed by atoms with van der Waals surface area (Å²) in [4.78, 5) is 24.4. The van der Waals surface area contributed by atoms with Crippen molar-refractivity contribution >= 4 is 11.8 Å². The number of carbonyl (C=O) groups is 2. The molecule has 1 saturated heterocycles. The highest BCUT2D eigenvalue weighted by Crippen LogP contribution is 2.11. The first-order valence-corrected chi connectivity index (χ1v) is 4.92. The topological polar surface area (TPSA) is 84.7 Å². The van der Waals surface area contributed by atoms with E-state index in [1.807, 2.05) is 0 Å². The maximum absolute atomic E-state index is 11.5. The number of nitrogens with zero attached hydrogens (tertiary/aromatic N) is 1. The Morgan fingerprint density at radius 3 is 2.80 bits per heavy atom. The summed E-state index contributed by atoms with van der Waals surface area (Å²) >= 11 is 0. The normalized spacial score (nSPS) is 24.5. The Labute approximate surface area is 88.7 Å². The summed E-state index contributed by atoms with van der Waals surface area (Å²) in [6, 6.07) is -0.873. The second kappa shape index (κ2) is 5.09. The summed E-state index contributed by atoms with van der Waals surface area (Å²) in [5.74, 6) is -0.575. The van der Waals surface area contributed by atoms with Crippen molar-refractivity contribution in [2.75, 3.05) is 26.8 Å². The quantitative estimate of drug-likeness (QED) is 0.588. The van der Waals surface area contributed by atoms with Crippen LogP contribution in [0.25, 0.3) is 0 Å². The Morgan fingerprint density at radius 2 is 2.27 bits per heavy atom. The third-order valence-electron chi connectivity index (χ3n) is 2.63. The number of carbonyl (C=O) groups excluding carboxylic acids is 2. The van der Waals surface area contributed by atoms with Gasteiger partial charge in [-0.3, -0.25) is 14.5 Å². The largest absolute Gasteiger partial charge is 0.378 e. The Kier molecular flexibility index (Phi) is 4.05. The maximum atomic E-state index is 11.5. The highest BCUT2D eigenvalue weighted by molar-refractivity contribution is 5.84. The molecule has 6 nitrogen and oxygen atoms in total. The van der Waals surface area contributed by atoms with Gasteiger partial charge in [-0.15, -0.1) is 0 Å². The first-order valence-electron chi connectivity index (χ1n) is 4.92. The van der Waals surface area contributed by atoms with Crippen molar-refractivity contribution in [3.8, 4) is 0 Å². The molecule has 2 amide bonds. The standard InChI is InChI=1S/C9H17N3O3/c1-6(8(10)13)12-3-4-15-5-7(12)9(14)11-2/h6-7H,3-5H2,1-2H3,(H2,10,13)(H,11,14). The molecule has 0 aromatic carbocycles. The molecule has 0 aromatic heterocycles. The first kappa shape index (κ1) is 11.9. The lowest BCUT2D eigenvalue weighted by Gasteiger charge is -2.36. The lowest BCUT2D eigenvalue weighted by atomic mass is 10.1. The van der Waals surface area contributed by atoms with Crippen LogP contribution in [-0.4, -0.2) is 55.6 Å². The summed E-state index contributed by atoms with van der Waals surface area (Å²) in [6.07, 6.45) is 0. The fourth-order valence-electron chi connectivity index (χ4n) is 1.64. The van der Waals surface area contributed by atoms with Crippen LogP contribution in [0, 0.1) is 0 Å². The van der Waals surface area contributed by atoms with Crippen LogP contribution in [0.4, 0.5) is 0 Å². The minimum Gasteiger partial charge on any atom is -0.378 e. The second-order valence-electron chi connectivity index (χ2n) is 3.52. The van der Waals surface area contributed by atoms with Crippen LogP contribution in [0.5, 0.6) is 0 Å². The molecule has 6 heteroatoms. The van der Waals surface area contributed by atoms with Gasteiger partial charge in [-0.25, -0.2) is 0 Å². The second-order valence-corrected chi connectivity index (χ2v) is 3.52. The van der Waals surface area contributed by atoms with Crippen LogP contribution in [0.3, 0.4) is 0 Å². The van der Waals surface area contributed by atoms with Gasteiger partial charge in [-0.05, 0) is 6.92 Å². The third-order valence-corrected chi connectivity index (χ3v) is 2.63. The Morgan fingerprint density at radius 1 is 1.60 bits per heavy atom. The predicted octanol–water partition coefficient (Wildman–Crippen LogP) is -1.69. The highest BCUT2D eigenvalue weighted by Gasteiger charge is 2.33. The van der Waals surface area contributed by atoms with Gasteiger partial charge >= 0.3 is 0 Å². The monoisotopic (exact) mass is 215 g/mol. The maximum Gasteiger partial charge on any atom is 0.239 e. The molecule has 0 radical (unpaired) electrons. The van der Waals surface area contributed by atoms with Crippen LogP contribution >= 0.6 is 0 Å². The summed E-state index contributed by atoms with van der Waals surface area (Å²) in [5, 5.41) is 2.55. The molecule has 0 saturated carbocycles. The van der Waals surface area contributed by atoms with E-state index in [0.29, 0.717) is 19.8 Å². The third kappa shape index (κ3) is 2.66. The zero-order valence-electron chi connectivity index (χ0n) is 9.03. The lowest BCUT2D eigenvalue weighted by molar-refractivity contribution is -0.137. The van der Waals surface area contributed by atoms with Gasteiger partial charge in [0.2, 0.25) is 11.8 Å². The average molecular weight is 215 g/mol. The van der Waals surface area contributed by atoms with E-state index in [1.165, 1.54) is 0 Å². The highest BCUT2D eigenvalue weighted by atomic mass is 16.5. The molecule has 1 heterocycles. The molecule has 0 spiro atoms. The molecule has 1 aliphatic rings. The van der Waals surface area contributed by atoms with E-state index in [0.717, 1.165) is 0 Å². The van der Waals surface area contributed by atoms with Crippen molar-refractivity contribution in [2.45, 2.75) is 19.0 Å². The zero-order chi connectivity index (χ0) is 11.4. The number of ether oxygens (including phenoxy) is 1. The number of primary amides is 1. The SMILES string of the molecule is CNC(=O)C1COCCN1C(C)C(N)=O. The van der Waals surface area contributed by atoms with Crippen LogP contribution in [-0.2, 0) is 14.3 Å². The summed E-state index contributed by atoms with van der Waals surface area (Å²) < 4.78 is 5.21. The van der Waals surface area contributed by atoms with Crippen molar-refractivity contribution < 1.29 is 14.3 Å². The van der Waals surface area contributed by atoms with Gasteiger partial charge in [0.05, 0.1) is 19.3 Å². The summed E-state index contributed by atoms with van der Waals surface area (Å²) in [7, 11) is 1.56. The van der Waals surface area contributed by atoms with E-state index in [4.69, 9.17) is 10.5 Å². The number of hydrogen-bond acceptors (Lipinski definition) is 4. The molecular weight excluding hydrogens is 198 g/mol. The molecule has 15 heavy (non-hydrogen) atoms. The molecule has 1 fully saturated rings. The molecule has 3 N–H and O–H groups in total. The Bertz CT molecular complexity index is 257. The van der Waals surface area contributed by atoms with E-state index >= 15 is 0 Å². The van der Waals surface area contributed by atoms with Crippen LogP contribution < -0.4 is 11.1 Å². The van der Waals surface area contributed by atoms with Crippen molar-refractivity contribution in [2.24, 2.45) is 5.73 Å². The molecule has 2 atom stereocenters. The van der Waals surface area contributed by atoms with Crippen molar-refractivity contribution in [1.82, 2.24) is 10.2 Å². The van der Waals surface area contributed by atoms with Gasteiger partial charge in [0.15, 0.2) is 0 Å². The number of morpholine rings is 1. The molecule has 0 bridgehead atoms. The lowest BCUT2D eigenvalue weighted by Crippen LogP contribution is -2.58. The fraction of sp³-hybridized carbons (Fsp3) is 0.778. The van der Waals surface area contributed by atoms with Crippen molar-refractivity contribution in [1.29, 1.82) is 0 Å². The van der Waals surface area contributed by atoms with Crippen LogP contribution in [0.2, 0.25) is 0 Å². The van der Waals surface area contributed by atoms with Crippen molar-refractivity contribution in [3.05, 3.63) is 0 Å². The van der Waals surface area contributed by atoms with Gasteiger partial charge in [0.1, 0.15) is 6.04 Å². The molecule has 0 aliphatic carbocycles. The van der Waals surface area contributed by atoms with Gasteiger partial charge in [0.25, 0.3) is 0 Å². The molecule has 1 aliphatic heterocycles. The summed E-state index contributed by atoms with van der Waals surface area (Å²) in [5.41, 5.74) is 5.22. The van der Waals surface area contributed by atoms with Crippen LogP contribution in [0.1, 0.15) is 6.92 Å².